The van der Waals surface area contributed by atoms with Gasteiger partial charge < -0.3 is 4.90 Å². The molecule has 0 spiro atoms. The molecule has 0 aromatic heterocycles. The van der Waals surface area contributed by atoms with Crippen LogP contribution in [0.5, 0.6) is 0 Å². The topological polar surface area (TPSA) is 44.1 Å². The van der Waals surface area contributed by atoms with E-state index in [2.05, 4.69) is 0 Å². The number of halogens is 3. The molecule has 3 nitrogen and oxygen atoms in total. The van der Waals surface area contributed by atoms with Crippen molar-refractivity contribution < 1.29 is 18.0 Å². The van der Waals surface area contributed by atoms with E-state index in [1.807, 2.05) is 6.07 Å². The molecular weight excluding hydrogens is 281 g/mol. The van der Waals surface area contributed by atoms with Crippen LogP contribution in [0.1, 0.15) is 35.7 Å². The molecule has 0 aliphatic heterocycles. The minimum atomic E-state index is -4.44. The third-order valence-electron chi connectivity index (χ3n) is 3.64. The summed E-state index contributed by atoms with van der Waals surface area (Å²) in [5, 5.41) is 8.82. The predicted molar refractivity (Wildman–Crippen MR) is 70.4 cm³/mol. The van der Waals surface area contributed by atoms with E-state index < -0.39 is 24.7 Å². The van der Waals surface area contributed by atoms with Gasteiger partial charge >= 0.3 is 6.18 Å². The minimum Gasteiger partial charge on any atom is -0.327 e. The van der Waals surface area contributed by atoms with Gasteiger partial charge in [-0.3, -0.25) is 4.79 Å². The van der Waals surface area contributed by atoms with Crippen molar-refractivity contribution in [1.29, 1.82) is 5.26 Å². The van der Waals surface area contributed by atoms with Crippen LogP contribution in [0.4, 0.5) is 13.2 Å². The normalized spacial score (nSPS) is 16.1. The number of carbonyl (C=O) groups is 1. The van der Waals surface area contributed by atoms with Crippen molar-refractivity contribution in [3.63, 3.8) is 0 Å². The van der Waals surface area contributed by atoms with Gasteiger partial charge in [-0.05, 0) is 43.9 Å². The number of nitrogens with zero attached hydrogens (tertiary/aromatic N) is 2. The third-order valence-corrected chi connectivity index (χ3v) is 3.64. The molecule has 1 amide bonds. The van der Waals surface area contributed by atoms with Crippen LogP contribution in [0.15, 0.2) is 24.3 Å². The average Bonchev–Trinajstić information content (AvgIpc) is 3.27. The molecule has 0 N–H and O–H groups in total. The van der Waals surface area contributed by atoms with Gasteiger partial charge in [-0.2, -0.15) is 18.4 Å². The highest BCUT2D eigenvalue weighted by Gasteiger charge is 2.40. The van der Waals surface area contributed by atoms with Crippen LogP contribution >= 0.6 is 0 Å². The zero-order chi connectivity index (χ0) is 15.6. The van der Waals surface area contributed by atoms with Gasteiger partial charge in [0.1, 0.15) is 6.54 Å². The summed E-state index contributed by atoms with van der Waals surface area (Å²) >= 11 is 0. The number of nitriles is 1. The van der Waals surface area contributed by atoms with E-state index in [9.17, 15) is 18.0 Å². The maximum absolute atomic E-state index is 12.7. The molecule has 112 valence electrons. The van der Waals surface area contributed by atoms with Gasteiger partial charge in [-0.15, -0.1) is 0 Å². The molecule has 0 unspecified atom stereocenters. The molecule has 0 radical (unpaired) electrons. The van der Waals surface area contributed by atoms with E-state index in [0.717, 1.165) is 17.7 Å². The SMILES string of the molecule is C[C@@H](C1CC1)N(CC(F)(F)F)C(=O)c1cccc(C#N)c1. The Labute approximate surface area is 121 Å². The Hall–Kier alpha value is -2.03. The molecule has 0 heterocycles. The first-order valence-corrected chi connectivity index (χ1v) is 6.69. The fourth-order valence-corrected chi connectivity index (χ4v) is 2.31. The highest BCUT2D eigenvalue weighted by molar-refractivity contribution is 5.94. The van der Waals surface area contributed by atoms with Gasteiger partial charge in [0.15, 0.2) is 0 Å². The molecule has 1 atom stereocenters. The standard InChI is InChI=1S/C15H15F3N2O/c1-10(12-5-6-12)20(9-15(16,17)18)14(21)13-4-2-3-11(7-13)8-19/h2-4,7,10,12H,5-6,9H2,1H3/t10-/m0/s1. The van der Waals surface area contributed by atoms with Crippen LogP contribution in [0, 0.1) is 17.2 Å². The number of rotatable bonds is 4. The van der Waals surface area contributed by atoms with Crippen molar-refractivity contribution in [2.45, 2.75) is 32.0 Å². The number of carbonyl (C=O) groups excluding carboxylic acids is 1. The van der Waals surface area contributed by atoms with Crippen molar-refractivity contribution >= 4 is 5.91 Å². The van der Waals surface area contributed by atoms with E-state index >= 15 is 0 Å². The third kappa shape index (κ3) is 3.97. The zero-order valence-electron chi connectivity index (χ0n) is 11.5. The van der Waals surface area contributed by atoms with Crippen LogP contribution < -0.4 is 0 Å². The second kappa shape index (κ2) is 5.76. The van der Waals surface area contributed by atoms with Gasteiger partial charge in [0.05, 0.1) is 11.6 Å². The smallest absolute Gasteiger partial charge is 0.327 e. The van der Waals surface area contributed by atoms with Gasteiger partial charge in [0.2, 0.25) is 0 Å². The molecule has 1 aliphatic rings. The number of alkyl halides is 3. The lowest BCUT2D eigenvalue weighted by Gasteiger charge is -2.30. The summed E-state index contributed by atoms with van der Waals surface area (Å²) in [6.07, 6.45) is -2.74. The average molecular weight is 296 g/mol. The molecule has 2 rings (SSSR count). The van der Waals surface area contributed by atoms with Crippen molar-refractivity contribution in [2.24, 2.45) is 5.92 Å². The van der Waals surface area contributed by atoms with Crippen LogP contribution in [0.2, 0.25) is 0 Å². The maximum atomic E-state index is 12.7. The summed E-state index contributed by atoms with van der Waals surface area (Å²) in [6, 6.07) is 7.20. The van der Waals surface area contributed by atoms with Crippen molar-refractivity contribution in [3.8, 4) is 6.07 Å². The first-order valence-electron chi connectivity index (χ1n) is 6.69. The first-order chi connectivity index (χ1) is 9.81. The van der Waals surface area contributed by atoms with Crippen LogP contribution in [0.3, 0.4) is 0 Å². The van der Waals surface area contributed by atoms with Crippen LogP contribution in [-0.4, -0.2) is 29.6 Å². The van der Waals surface area contributed by atoms with Gasteiger partial charge in [0, 0.05) is 11.6 Å². The number of benzene rings is 1. The van der Waals surface area contributed by atoms with E-state index in [4.69, 9.17) is 5.26 Å². The Morgan fingerprint density at radius 2 is 2.14 bits per heavy atom. The second-order valence-corrected chi connectivity index (χ2v) is 5.32. The predicted octanol–water partition coefficient (Wildman–Crippen LogP) is 3.36. The van der Waals surface area contributed by atoms with E-state index in [-0.39, 0.29) is 17.0 Å². The molecule has 1 aliphatic carbocycles. The molecule has 21 heavy (non-hydrogen) atoms. The summed E-state index contributed by atoms with van der Waals surface area (Å²) < 4.78 is 38.2. The highest BCUT2D eigenvalue weighted by Crippen LogP contribution is 2.36. The lowest BCUT2D eigenvalue weighted by molar-refractivity contribution is -0.144. The number of hydrogen-bond acceptors (Lipinski definition) is 2. The lowest BCUT2D eigenvalue weighted by Crippen LogP contribution is -2.45. The Kier molecular flexibility index (Phi) is 4.21. The highest BCUT2D eigenvalue weighted by atomic mass is 19.4. The number of amides is 1. The van der Waals surface area contributed by atoms with Crippen LogP contribution in [-0.2, 0) is 0 Å². The summed E-state index contributed by atoms with van der Waals surface area (Å²) in [5.41, 5.74) is 0.373. The van der Waals surface area contributed by atoms with E-state index in [1.54, 1.807) is 6.92 Å². The summed E-state index contributed by atoms with van der Waals surface area (Å²) in [7, 11) is 0. The molecule has 1 saturated carbocycles. The van der Waals surface area contributed by atoms with Crippen molar-refractivity contribution in [1.82, 2.24) is 4.90 Å². The first kappa shape index (κ1) is 15.4. The van der Waals surface area contributed by atoms with Crippen molar-refractivity contribution in [2.75, 3.05) is 6.54 Å². The molecule has 0 bridgehead atoms. The summed E-state index contributed by atoms with van der Waals surface area (Å²) in [6.45, 7) is 0.385. The molecule has 1 fully saturated rings. The Morgan fingerprint density at radius 1 is 1.48 bits per heavy atom. The molecular formula is C15H15F3N2O. The van der Waals surface area contributed by atoms with Gasteiger partial charge in [-0.25, -0.2) is 0 Å². The molecule has 6 heteroatoms. The lowest BCUT2D eigenvalue weighted by atomic mass is 10.1. The van der Waals surface area contributed by atoms with Gasteiger partial charge in [0.25, 0.3) is 5.91 Å². The van der Waals surface area contributed by atoms with E-state index in [0.29, 0.717) is 0 Å². The Balaban J connectivity index is 2.26. The monoisotopic (exact) mass is 296 g/mol. The fourth-order valence-electron chi connectivity index (χ4n) is 2.31. The fraction of sp³-hybridized carbons (Fsp3) is 0.467. The second-order valence-electron chi connectivity index (χ2n) is 5.32. The molecule has 0 saturated heterocycles. The van der Waals surface area contributed by atoms with E-state index in [1.165, 1.54) is 24.3 Å². The van der Waals surface area contributed by atoms with Crippen molar-refractivity contribution in [3.05, 3.63) is 35.4 Å². The quantitative estimate of drug-likeness (QED) is 0.855. The Morgan fingerprint density at radius 3 is 2.67 bits per heavy atom. The summed E-state index contributed by atoms with van der Waals surface area (Å²) in [4.78, 5) is 13.3. The zero-order valence-corrected chi connectivity index (χ0v) is 11.5. The maximum Gasteiger partial charge on any atom is 0.406 e. The van der Waals surface area contributed by atoms with Crippen LogP contribution in [0.25, 0.3) is 0 Å². The Bertz CT molecular complexity index is 573. The van der Waals surface area contributed by atoms with Gasteiger partial charge in [-0.1, -0.05) is 6.07 Å². The minimum absolute atomic E-state index is 0.116. The largest absolute Gasteiger partial charge is 0.406 e. The molecule has 1 aromatic rings. The molecule has 1 aromatic carbocycles. The number of hydrogen-bond donors (Lipinski definition) is 0. The summed E-state index contributed by atoms with van der Waals surface area (Å²) in [5.74, 6) is -0.542.